The second-order valence-electron chi connectivity index (χ2n) is 5.43. The van der Waals surface area contributed by atoms with Crippen molar-refractivity contribution in [1.82, 2.24) is 0 Å². The number of hydrogen-bond acceptors (Lipinski definition) is 2. The number of amides is 1. The highest BCUT2D eigenvalue weighted by Gasteiger charge is 2.31. The Hall–Kier alpha value is -1.35. The lowest BCUT2D eigenvalue weighted by molar-refractivity contribution is 0.00426. The van der Waals surface area contributed by atoms with E-state index in [-0.39, 0.29) is 0 Å². The number of primary amides is 1. The van der Waals surface area contributed by atoms with E-state index < -0.39 is 11.5 Å². The SMILES string of the molecule is Cc1cccc(C(N)=O)c1CC1(O)CCCCC1. The number of rotatable bonds is 3. The summed E-state index contributed by atoms with van der Waals surface area (Å²) in [7, 11) is 0. The van der Waals surface area contributed by atoms with Gasteiger partial charge in [0.2, 0.25) is 5.91 Å². The highest BCUT2D eigenvalue weighted by molar-refractivity contribution is 5.94. The molecule has 1 aromatic carbocycles. The molecule has 1 aromatic rings. The smallest absolute Gasteiger partial charge is 0.248 e. The second kappa shape index (κ2) is 5.11. The number of nitrogens with two attached hydrogens (primary N) is 1. The third kappa shape index (κ3) is 2.72. The van der Waals surface area contributed by atoms with Gasteiger partial charge in [0.15, 0.2) is 0 Å². The van der Waals surface area contributed by atoms with Crippen LogP contribution in [0.2, 0.25) is 0 Å². The number of aliphatic hydroxyl groups is 1. The summed E-state index contributed by atoms with van der Waals surface area (Å²) in [5.41, 5.74) is 7.25. The van der Waals surface area contributed by atoms with Crippen LogP contribution in [-0.2, 0) is 6.42 Å². The van der Waals surface area contributed by atoms with Gasteiger partial charge in [-0.1, -0.05) is 31.4 Å². The maximum absolute atomic E-state index is 11.5. The molecule has 3 N–H and O–H groups in total. The van der Waals surface area contributed by atoms with Gasteiger partial charge in [-0.15, -0.1) is 0 Å². The van der Waals surface area contributed by atoms with Crippen molar-refractivity contribution in [2.45, 2.75) is 51.0 Å². The molecule has 1 saturated carbocycles. The zero-order valence-electron chi connectivity index (χ0n) is 10.9. The molecule has 1 amide bonds. The third-order valence-corrected chi connectivity index (χ3v) is 3.97. The van der Waals surface area contributed by atoms with Gasteiger partial charge in [-0.3, -0.25) is 4.79 Å². The molecule has 0 radical (unpaired) electrons. The average molecular weight is 247 g/mol. The summed E-state index contributed by atoms with van der Waals surface area (Å²) in [6, 6.07) is 5.55. The van der Waals surface area contributed by atoms with Gasteiger partial charge < -0.3 is 10.8 Å². The molecule has 18 heavy (non-hydrogen) atoms. The zero-order valence-corrected chi connectivity index (χ0v) is 10.9. The van der Waals surface area contributed by atoms with Gasteiger partial charge in [0.25, 0.3) is 0 Å². The average Bonchev–Trinajstić information content (AvgIpc) is 2.32. The van der Waals surface area contributed by atoms with Crippen molar-refractivity contribution in [2.24, 2.45) is 5.73 Å². The van der Waals surface area contributed by atoms with E-state index in [1.54, 1.807) is 6.07 Å². The van der Waals surface area contributed by atoms with Crippen LogP contribution in [0.25, 0.3) is 0 Å². The molecule has 1 fully saturated rings. The van der Waals surface area contributed by atoms with Gasteiger partial charge in [0, 0.05) is 12.0 Å². The van der Waals surface area contributed by atoms with E-state index in [0.717, 1.165) is 36.8 Å². The summed E-state index contributed by atoms with van der Waals surface area (Å²) in [6.45, 7) is 1.97. The van der Waals surface area contributed by atoms with E-state index in [9.17, 15) is 9.90 Å². The van der Waals surface area contributed by atoms with Gasteiger partial charge in [0.05, 0.1) is 5.60 Å². The monoisotopic (exact) mass is 247 g/mol. The molecule has 2 rings (SSSR count). The quantitative estimate of drug-likeness (QED) is 0.861. The van der Waals surface area contributed by atoms with E-state index in [0.29, 0.717) is 12.0 Å². The van der Waals surface area contributed by atoms with Crippen molar-refractivity contribution in [3.8, 4) is 0 Å². The highest BCUT2D eigenvalue weighted by Crippen LogP contribution is 2.32. The lowest BCUT2D eigenvalue weighted by atomic mass is 9.79. The topological polar surface area (TPSA) is 63.3 Å². The fraction of sp³-hybridized carbons (Fsp3) is 0.533. The molecule has 1 aliphatic rings. The number of hydrogen-bond donors (Lipinski definition) is 2. The molecule has 0 bridgehead atoms. The standard InChI is InChI=1S/C15H21NO2/c1-11-6-5-7-12(14(16)17)13(11)10-15(18)8-3-2-4-9-15/h5-7,18H,2-4,8-10H2,1H3,(H2,16,17). The molecule has 0 spiro atoms. The van der Waals surface area contributed by atoms with E-state index in [2.05, 4.69) is 0 Å². The normalized spacial score (nSPS) is 18.6. The van der Waals surface area contributed by atoms with Crippen LogP contribution in [0.4, 0.5) is 0 Å². The van der Waals surface area contributed by atoms with Crippen LogP contribution in [0.1, 0.15) is 53.6 Å². The Balaban J connectivity index is 2.30. The Morgan fingerprint density at radius 3 is 2.61 bits per heavy atom. The summed E-state index contributed by atoms with van der Waals surface area (Å²) >= 11 is 0. The minimum Gasteiger partial charge on any atom is -0.390 e. The first-order valence-electron chi connectivity index (χ1n) is 6.62. The third-order valence-electron chi connectivity index (χ3n) is 3.97. The van der Waals surface area contributed by atoms with Crippen LogP contribution in [0.15, 0.2) is 18.2 Å². The predicted octanol–water partition coefficient (Wildman–Crippen LogP) is 2.33. The molecule has 1 aliphatic carbocycles. The Bertz CT molecular complexity index is 448. The first-order chi connectivity index (χ1) is 8.52. The van der Waals surface area contributed by atoms with Crippen molar-refractivity contribution in [1.29, 1.82) is 0 Å². The minimum atomic E-state index is -0.658. The van der Waals surface area contributed by atoms with Gasteiger partial charge in [-0.25, -0.2) is 0 Å². The Kier molecular flexibility index (Phi) is 3.71. The maximum Gasteiger partial charge on any atom is 0.248 e. The Morgan fingerprint density at radius 2 is 2.00 bits per heavy atom. The molecule has 0 heterocycles. The van der Waals surface area contributed by atoms with E-state index >= 15 is 0 Å². The zero-order chi connectivity index (χ0) is 13.2. The minimum absolute atomic E-state index is 0.409. The summed E-state index contributed by atoms with van der Waals surface area (Å²) in [4.78, 5) is 11.5. The maximum atomic E-state index is 11.5. The molecule has 0 aliphatic heterocycles. The number of benzene rings is 1. The van der Waals surface area contributed by atoms with Gasteiger partial charge in [0.1, 0.15) is 0 Å². The van der Waals surface area contributed by atoms with E-state index in [1.165, 1.54) is 6.42 Å². The van der Waals surface area contributed by atoms with Gasteiger partial charge in [-0.05, 0) is 37.0 Å². The summed E-state index contributed by atoms with van der Waals surface area (Å²) < 4.78 is 0. The highest BCUT2D eigenvalue weighted by atomic mass is 16.3. The molecule has 3 heteroatoms. The van der Waals surface area contributed by atoms with Crippen LogP contribution in [0.3, 0.4) is 0 Å². The van der Waals surface area contributed by atoms with Gasteiger partial charge in [-0.2, -0.15) is 0 Å². The number of carbonyl (C=O) groups is 1. The molecular weight excluding hydrogens is 226 g/mol. The molecule has 0 aromatic heterocycles. The largest absolute Gasteiger partial charge is 0.390 e. The first kappa shape index (κ1) is 13.1. The molecule has 0 unspecified atom stereocenters. The number of aryl methyl sites for hydroxylation is 1. The van der Waals surface area contributed by atoms with Crippen LogP contribution in [0, 0.1) is 6.92 Å². The van der Waals surface area contributed by atoms with E-state index in [4.69, 9.17) is 5.73 Å². The van der Waals surface area contributed by atoms with Crippen LogP contribution < -0.4 is 5.73 Å². The molecular formula is C15H21NO2. The van der Waals surface area contributed by atoms with Crippen molar-refractivity contribution in [3.05, 3.63) is 34.9 Å². The van der Waals surface area contributed by atoms with Crippen molar-refractivity contribution >= 4 is 5.91 Å². The first-order valence-corrected chi connectivity index (χ1v) is 6.62. The molecule has 0 atom stereocenters. The lowest BCUT2D eigenvalue weighted by Crippen LogP contribution is -2.35. The van der Waals surface area contributed by atoms with Crippen LogP contribution in [0.5, 0.6) is 0 Å². The fourth-order valence-corrected chi connectivity index (χ4v) is 2.88. The van der Waals surface area contributed by atoms with Crippen molar-refractivity contribution in [2.75, 3.05) is 0 Å². The number of carbonyl (C=O) groups excluding carboxylic acids is 1. The Morgan fingerprint density at radius 1 is 1.33 bits per heavy atom. The van der Waals surface area contributed by atoms with Crippen molar-refractivity contribution < 1.29 is 9.90 Å². The predicted molar refractivity (Wildman–Crippen MR) is 71.4 cm³/mol. The van der Waals surface area contributed by atoms with Crippen LogP contribution >= 0.6 is 0 Å². The van der Waals surface area contributed by atoms with Crippen LogP contribution in [-0.4, -0.2) is 16.6 Å². The summed E-state index contributed by atoms with van der Waals surface area (Å²) in [5, 5.41) is 10.6. The molecule has 3 nitrogen and oxygen atoms in total. The second-order valence-corrected chi connectivity index (χ2v) is 5.43. The summed E-state index contributed by atoms with van der Waals surface area (Å²) in [6.07, 6.45) is 5.50. The Labute approximate surface area is 108 Å². The summed E-state index contributed by atoms with van der Waals surface area (Å²) in [5.74, 6) is -0.409. The fourth-order valence-electron chi connectivity index (χ4n) is 2.88. The molecule has 98 valence electrons. The lowest BCUT2D eigenvalue weighted by Gasteiger charge is -2.33. The van der Waals surface area contributed by atoms with Gasteiger partial charge >= 0.3 is 0 Å². The van der Waals surface area contributed by atoms with Crippen molar-refractivity contribution in [3.63, 3.8) is 0 Å². The van der Waals surface area contributed by atoms with E-state index in [1.807, 2.05) is 19.1 Å². The molecule has 0 saturated heterocycles.